The van der Waals surface area contributed by atoms with E-state index in [2.05, 4.69) is 5.32 Å². The minimum absolute atomic E-state index is 0.101. The monoisotopic (exact) mass is 356 g/mol. The molecule has 6 nitrogen and oxygen atoms in total. The molecule has 1 aromatic carbocycles. The molecule has 8 heteroatoms. The summed E-state index contributed by atoms with van der Waals surface area (Å²) in [6, 6.07) is 1.89. The number of fused-ring (bicyclic) bond motifs is 1. The van der Waals surface area contributed by atoms with Crippen molar-refractivity contribution in [3.8, 4) is 5.75 Å². The van der Waals surface area contributed by atoms with Gasteiger partial charge >= 0.3 is 6.09 Å². The zero-order chi connectivity index (χ0) is 18.6. The quantitative estimate of drug-likeness (QED) is 0.842. The van der Waals surface area contributed by atoms with Gasteiger partial charge in [0.2, 0.25) is 5.91 Å². The van der Waals surface area contributed by atoms with Gasteiger partial charge in [0.25, 0.3) is 0 Å². The fraction of sp³-hybridized carbons (Fsp3) is 0.529. The van der Waals surface area contributed by atoms with Crippen LogP contribution in [0.5, 0.6) is 5.75 Å². The summed E-state index contributed by atoms with van der Waals surface area (Å²) < 4.78 is 37.4. The van der Waals surface area contributed by atoms with Crippen molar-refractivity contribution in [1.82, 2.24) is 5.32 Å². The van der Waals surface area contributed by atoms with Crippen molar-refractivity contribution in [3.05, 3.63) is 23.8 Å². The normalized spacial score (nSPS) is 14.4. The molecule has 0 spiro atoms. The van der Waals surface area contributed by atoms with Gasteiger partial charge in [-0.2, -0.15) is 0 Å². The number of alkyl carbamates (subject to hydrolysis) is 1. The molecule has 1 heterocycles. The third kappa shape index (κ3) is 5.30. The van der Waals surface area contributed by atoms with E-state index in [1.807, 2.05) is 0 Å². The molecule has 0 fully saturated rings. The van der Waals surface area contributed by atoms with Gasteiger partial charge in [-0.15, -0.1) is 0 Å². The van der Waals surface area contributed by atoms with Gasteiger partial charge in [0.15, 0.2) is 11.6 Å². The maximum atomic E-state index is 13.5. The van der Waals surface area contributed by atoms with Crippen molar-refractivity contribution in [3.63, 3.8) is 0 Å². The topological polar surface area (TPSA) is 67.9 Å². The van der Waals surface area contributed by atoms with Crippen LogP contribution in [-0.4, -0.2) is 37.3 Å². The van der Waals surface area contributed by atoms with Crippen LogP contribution in [0.2, 0.25) is 0 Å². The number of halogens is 2. The Bertz CT molecular complexity index is 659. The molecule has 0 radical (unpaired) electrons. The smallest absolute Gasteiger partial charge is 0.407 e. The molecular weight excluding hydrogens is 334 g/mol. The van der Waals surface area contributed by atoms with Crippen LogP contribution in [-0.2, 0) is 9.53 Å². The second-order valence-electron chi connectivity index (χ2n) is 6.66. The van der Waals surface area contributed by atoms with Gasteiger partial charge in [-0.05, 0) is 27.2 Å². The maximum absolute atomic E-state index is 13.5. The molecule has 0 atom stereocenters. The molecule has 1 aliphatic rings. The predicted octanol–water partition coefficient (Wildman–Crippen LogP) is 3.00. The highest BCUT2D eigenvalue weighted by atomic mass is 19.2. The van der Waals surface area contributed by atoms with Crippen molar-refractivity contribution in [2.24, 2.45) is 0 Å². The van der Waals surface area contributed by atoms with E-state index in [9.17, 15) is 18.4 Å². The molecule has 1 aliphatic heterocycles. The molecule has 1 aromatic rings. The maximum Gasteiger partial charge on any atom is 0.407 e. The highest BCUT2D eigenvalue weighted by Crippen LogP contribution is 2.33. The Morgan fingerprint density at radius 3 is 2.68 bits per heavy atom. The van der Waals surface area contributed by atoms with Crippen LogP contribution in [0.1, 0.15) is 33.6 Å². The fourth-order valence-corrected chi connectivity index (χ4v) is 2.35. The Balaban J connectivity index is 1.98. The minimum atomic E-state index is -1.05. The molecule has 138 valence electrons. The lowest BCUT2D eigenvalue weighted by Crippen LogP contribution is -2.36. The molecule has 1 N–H and O–H groups in total. The summed E-state index contributed by atoms with van der Waals surface area (Å²) in [5, 5.41) is 2.59. The SMILES string of the molecule is CC(C)(C)OC(=O)NCCCN1C(=O)CCOc2cc(F)c(F)cc21. The first-order valence-electron chi connectivity index (χ1n) is 8.06. The number of hydrogen-bond donors (Lipinski definition) is 1. The van der Waals surface area contributed by atoms with Gasteiger partial charge in [0.05, 0.1) is 18.7 Å². The van der Waals surface area contributed by atoms with Crippen LogP contribution >= 0.6 is 0 Å². The van der Waals surface area contributed by atoms with Crippen LogP contribution in [0.25, 0.3) is 0 Å². The summed E-state index contributed by atoms with van der Waals surface area (Å²) in [6.45, 7) is 5.88. The van der Waals surface area contributed by atoms with Gasteiger partial charge in [-0.1, -0.05) is 0 Å². The Morgan fingerprint density at radius 2 is 2.00 bits per heavy atom. The number of carbonyl (C=O) groups excluding carboxylic acids is 2. The van der Waals surface area contributed by atoms with Crippen LogP contribution < -0.4 is 15.0 Å². The molecular formula is C17H22F2N2O4. The Morgan fingerprint density at radius 1 is 1.32 bits per heavy atom. The first-order valence-corrected chi connectivity index (χ1v) is 8.06. The average molecular weight is 356 g/mol. The number of anilines is 1. The standard InChI is InChI=1S/C17H22F2N2O4/c1-17(2,3)25-16(23)20-6-4-7-21-13-9-11(18)12(19)10-14(13)24-8-5-15(21)22/h9-10H,4-8H2,1-3H3,(H,20,23). The summed E-state index contributed by atoms with van der Waals surface area (Å²) in [5.41, 5.74) is -0.401. The molecule has 0 bridgehead atoms. The van der Waals surface area contributed by atoms with Crippen LogP contribution in [0.15, 0.2) is 12.1 Å². The van der Waals surface area contributed by atoms with Crippen molar-refractivity contribution in [1.29, 1.82) is 0 Å². The zero-order valence-electron chi connectivity index (χ0n) is 14.5. The predicted molar refractivity (Wildman–Crippen MR) is 87.7 cm³/mol. The summed E-state index contributed by atoms with van der Waals surface area (Å²) >= 11 is 0. The van der Waals surface area contributed by atoms with E-state index in [1.54, 1.807) is 20.8 Å². The summed E-state index contributed by atoms with van der Waals surface area (Å²) in [4.78, 5) is 25.1. The van der Waals surface area contributed by atoms with E-state index < -0.39 is 23.3 Å². The van der Waals surface area contributed by atoms with Crippen LogP contribution in [0.4, 0.5) is 19.3 Å². The second kappa shape index (κ2) is 7.67. The van der Waals surface area contributed by atoms with Crippen molar-refractivity contribution in [2.75, 3.05) is 24.6 Å². The molecule has 2 rings (SSSR count). The van der Waals surface area contributed by atoms with Crippen molar-refractivity contribution in [2.45, 2.75) is 39.2 Å². The van der Waals surface area contributed by atoms with Gasteiger partial charge in [0.1, 0.15) is 11.4 Å². The molecule has 0 saturated heterocycles. The van der Waals surface area contributed by atoms with Gasteiger partial charge in [0, 0.05) is 25.2 Å². The highest BCUT2D eigenvalue weighted by Gasteiger charge is 2.25. The summed E-state index contributed by atoms with van der Waals surface area (Å²) in [5.74, 6) is -2.19. The summed E-state index contributed by atoms with van der Waals surface area (Å²) in [6.07, 6.45) is -0.0209. The molecule has 2 amide bonds. The Kier molecular flexibility index (Phi) is 5.81. The lowest BCUT2D eigenvalue weighted by Gasteiger charge is -2.23. The van der Waals surface area contributed by atoms with Crippen molar-refractivity contribution >= 4 is 17.7 Å². The average Bonchev–Trinajstić information content (AvgIpc) is 2.62. The van der Waals surface area contributed by atoms with Gasteiger partial charge < -0.3 is 19.7 Å². The second-order valence-corrected chi connectivity index (χ2v) is 6.66. The number of amides is 2. The zero-order valence-corrected chi connectivity index (χ0v) is 14.5. The third-order valence-electron chi connectivity index (χ3n) is 3.39. The van der Waals surface area contributed by atoms with Crippen molar-refractivity contribution < 1.29 is 27.8 Å². The lowest BCUT2D eigenvalue weighted by molar-refractivity contribution is -0.118. The molecule has 0 saturated carbocycles. The van der Waals surface area contributed by atoms with Gasteiger partial charge in [-0.25, -0.2) is 13.6 Å². The number of ether oxygens (including phenoxy) is 2. The first kappa shape index (κ1) is 19.0. The number of nitrogens with zero attached hydrogens (tertiary/aromatic N) is 1. The highest BCUT2D eigenvalue weighted by molar-refractivity contribution is 5.95. The van der Waals surface area contributed by atoms with Gasteiger partial charge in [-0.3, -0.25) is 4.79 Å². The number of rotatable bonds is 4. The molecule has 25 heavy (non-hydrogen) atoms. The first-order chi connectivity index (χ1) is 11.7. The number of carbonyl (C=O) groups is 2. The van der Waals surface area contributed by atoms with E-state index >= 15 is 0 Å². The van der Waals surface area contributed by atoms with E-state index in [1.165, 1.54) is 4.90 Å². The lowest BCUT2D eigenvalue weighted by atomic mass is 10.2. The fourth-order valence-electron chi connectivity index (χ4n) is 2.35. The van der Waals surface area contributed by atoms with E-state index in [0.717, 1.165) is 12.1 Å². The number of benzene rings is 1. The number of nitrogens with one attached hydrogen (secondary N) is 1. The van der Waals surface area contributed by atoms with Crippen LogP contribution in [0.3, 0.4) is 0 Å². The molecule has 0 unspecified atom stereocenters. The van der Waals surface area contributed by atoms with E-state index in [0.29, 0.717) is 6.42 Å². The Hall–Kier alpha value is -2.38. The van der Waals surface area contributed by atoms with Crippen LogP contribution in [0, 0.1) is 11.6 Å². The largest absolute Gasteiger partial charge is 0.491 e. The van der Waals surface area contributed by atoms with E-state index in [4.69, 9.17) is 9.47 Å². The molecule has 0 aromatic heterocycles. The minimum Gasteiger partial charge on any atom is -0.491 e. The summed E-state index contributed by atoms with van der Waals surface area (Å²) in [7, 11) is 0. The third-order valence-corrected chi connectivity index (χ3v) is 3.39. The number of hydrogen-bond acceptors (Lipinski definition) is 4. The van der Waals surface area contributed by atoms with E-state index in [-0.39, 0.29) is 43.5 Å². The Labute approximate surface area is 145 Å². The molecule has 0 aliphatic carbocycles.